The molecule has 0 saturated carbocycles. The van der Waals surface area contributed by atoms with Crippen LogP contribution in [-0.4, -0.2) is 52.0 Å². The van der Waals surface area contributed by atoms with Crippen LogP contribution in [0, 0.1) is 5.92 Å². The second kappa shape index (κ2) is 11.0. The fourth-order valence-electron chi connectivity index (χ4n) is 4.49. The third kappa shape index (κ3) is 5.78. The van der Waals surface area contributed by atoms with E-state index < -0.39 is 0 Å². The van der Waals surface area contributed by atoms with Gasteiger partial charge >= 0.3 is 0 Å². The molecular weight excluding hydrogens is 412 g/mol. The summed E-state index contributed by atoms with van der Waals surface area (Å²) in [6.07, 6.45) is 3.68. The van der Waals surface area contributed by atoms with Crippen LogP contribution in [-0.2, 0) is 0 Å². The van der Waals surface area contributed by atoms with Crippen LogP contribution >= 0.6 is 12.4 Å². The van der Waals surface area contributed by atoms with Crippen molar-refractivity contribution in [3.8, 4) is 17.2 Å². The summed E-state index contributed by atoms with van der Waals surface area (Å²) in [6.45, 7) is 6.70. The minimum atomic E-state index is 0. The largest absolute Gasteiger partial charge is 0.493 e. The van der Waals surface area contributed by atoms with E-state index in [-0.39, 0.29) is 12.4 Å². The quantitative estimate of drug-likeness (QED) is 0.557. The average molecular weight is 447 g/mol. The van der Waals surface area contributed by atoms with E-state index in [2.05, 4.69) is 55.1 Å². The maximum absolute atomic E-state index is 6.27. The summed E-state index contributed by atoms with van der Waals surface area (Å²) in [5.74, 6) is 3.41. The first-order valence-corrected chi connectivity index (χ1v) is 11.2. The van der Waals surface area contributed by atoms with E-state index in [4.69, 9.17) is 14.2 Å². The summed E-state index contributed by atoms with van der Waals surface area (Å²) in [7, 11) is 4.17. The van der Waals surface area contributed by atoms with Crippen LogP contribution in [0.1, 0.15) is 37.7 Å². The van der Waals surface area contributed by atoms with E-state index in [0.717, 1.165) is 23.8 Å². The van der Waals surface area contributed by atoms with Crippen molar-refractivity contribution in [2.45, 2.75) is 32.1 Å². The molecule has 170 valence electrons. The van der Waals surface area contributed by atoms with Gasteiger partial charge in [-0.1, -0.05) is 25.5 Å². The molecule has 4 rings (SSSR count). The number of anilines is 1. The van der Waals surface area contributed by atoms with Crippen LogP contribution in [0.4, 0.5) is 5.69 Å². The predicted molar refractivity (Wildman–Crippen MR) is 128 cm³/mol. The van der Waals surface area contributed by atoms with Gasteiger partial charge in [0.25, 0.3) is 0 Å². The van der Waals surface area contributed by atoms with E-state index in [1.807, 2.05) is 18.2 Å². The molecule has 1 fully saturated rings. The van der Waals surface area contributed by atoms with Gasteiger partial charge in [0.05, 0.1) is 6.61 Å². The molecule has 1 saturated heterocycles. The Morgan fingerprint density at radius 2 is 1.84 bits per heavy atom. The van der Waals surface area contributed by atoms with Gasteiger partial charge in [-0.15, -0.1) is 12.4 Å². The molecule has 5 nitrogen and oxygen atoms in total. The fraction of sp³-hybridized carbons (Fsp3) is 0.520. The Balaban J connectivity index is 0.00000272. The maximum Gasteiger partial charge on any atom is 0.231 e. The van der Waals surface area contributed by atoms with E-state index in [1.165, 1.54) is 43.6 Å². The Morgan fingerprint density at radius 1 is 1.06 bits per heavy atom. The Hall–Kier alpha value is -2.11. The van der Waals surface area contributed by atoms with Crippen molar-refractivity contribution >= 4 is 18.1 Å². The summed E-state index contributed by atoms with van der Waals surface area (Å²) in [6, 6.07) is 14.9. The topological polar surface area (TPSA) is 34.2 Å². The smallest absolute Gasteiger partial charge is 0.231 e. The molecule has 2 aromatic rings. The zero-order valence-electron chi connectivity index (χ0n) is 18.9. The number of hydrogen-bond acceptors (Lipinski definition) is 5. The maximum atomic E-state index is 6.27. The Labute approximate surface area is 192 Å². The number of fused-ring (bicyclic) bond motifs is 1. The molecular formula is C25H35ClN2O3. The first-order chi connectivity index (χ1) is 14.6. The normalized spacial score (nSPS) is 20.2. The third-order valence-corrected chi connectivity index (χ3v) is 6.29. The van der Waals surface area contributed by atoms with Crippen LogP contribution in [0.5, 0.6) is 17.2 Å². The van der Waals surface area contributed by atoms with Gasteiger partial charge in [0.2, 0.25) is 6.79 Å². The molecule has 0 radical (unpaired) electrons. The lowest BCUT2D eigenvalue weighted by Crippen LogP contribution is -2.42. The minimum absolute atomic E-state index is 0. The van der Waals surface area contributed by atoms with Crippen LogP contribution in [0.15, 0.2) is 42.5 Å². The van der Waals surface area contributed by atoms with Gasteiger partial charge in [0.15, 0.2) is 11.5 Å². The van der Waals surface area contributed by atoms with Crippen LogP contribution in [0.2, 0.25) is 0 Å². The monoisotopic (exact) mass is 446 g/mol. The molecule has 2 atom stereocenters. The number of hydrogen-bond donors (Lipinski definition) is 0. The number of likely N-dealkylation sites (tertiary alicyclic amines) is 1. The minimum Gasteiger partial charge on any atom is -0.493 e. The molecule has 31 heavy (non-hydrogen) atoms. The molecule has 2 aliphatic rings. The molecule has 0 bridgehead atoms. The van der Waals surface area contributed by atoms with Gasteiger partial charge in [-0.3, -0.25) is 0 Å². The highest BCUT2D eigenvalue weighted by atomic mass is 35.5. The number of unbranched alkanes of at least 4 members (excludes halogenated alkanes) is 1. The first-order valence-electron chi connectivity index (χ1n) is 11.2. The molecule has 0 N–H and O–H groups in total. The number of halogens is 1. The van der Waals surface area contributed by atoms with Gasteiger partial charge in [-0.25, -0.2) is 0 Å². The summed E-state index contributed by atoms with van der Waals surface area (Å²) in [5, 5.41) is 0. The average Bonchev–Trinajstić information content (AvgIpc) is 3.24. The summed E-state index contributed by atoms with van der Waals surface area (Å²) in [5.41, 5.74) is 2.67. The summed E-state index contributed by atoms with van der Waals surface area (Å²) >= 11 is 0. The number of benzene rings is 2. The van der Waals surface area contributed by atoms with Gasteiger partial charge in [0, 0.05) is 38.3 Å². The molecule has 0 spiro atoms. The van der Waals surface area contributed by atoms with Gasteiger partial charge < -0.3 is 24.0 Å². The molecule has 6 heteroatoms. The fourth-order valence-corrected chi connectivity index (χ4v) is 4.49. The second-order valence-corrected chi connectivity index (χ2v) is 8.62. The Kier molecular flexibility index (Phi) is 8.33. The highest BCUT2D eigenvalue weighted by Crippen LogP contribution is 2.37. The first kappa shape index (κ1) is 23.6. The third-order valence-electron chi connectivity index (χ3n) is 6.29. The van der Waals surface area contributed by atoms with Crippen molar-refractivity contribution in [1.29, 1.82) is 0 Å². The van der Waals surface area contributed by atoms with E-state index in [1.54, 1.807) is 0 Å². The summed E-state index contributed by atoms with van der Waals surface area (Å²) in [4.78, 5) is 4.76. The number of ether oxygens (including phenoxy) is 3. The van der Waals surface area contributed by atoms with Crippen molar-refractivity contribution in [2.75, 3.05) is 52.0 Å². The molecule has 0 aromatic heterocycles. The van der Waals surface area contributed by atoms with Crippen LogP contribution in [0.25, 0.3) is 0 Å². The lowest BCUT2D eigenvalue weighted by molar-refractivity contribution is 0.110. The van der Waals surface area contributed by atoms with Crippen LogP contribution in [0.3, 0.4) is 0 Å². The van der Waals surface area contributed by atoms with Gasteiger partial charge in [-0.2, -0.15) is 0 Å². The van der Waals surface area contributed by atoms with Crippen molar-refractivity contribution < 1.29 is 14.2 Å². The Morgan fingerprint density at radius 3 is 2.58 bits per heavy atom. The number of nitrogens with zero attached hydrogens (tertiary/aromatic N) is 2. The molecule has 0 unspecified atom stereocenters. The lowest BCUT2D eigenvalue weighted by Gasteiger charge is -2.39. The van der Waals surface area contributed by atoms with E-state index in [9.17, 15) is 0 Å². The number of rotatable bonds is 8. The highest BCUT2D eigenvalue weighted by Gasteiger charge is 2.31. The van der Waals surface area contributed by atoms with Crippen molar-refractivity contribution in [3.05, 3.63) is 48.0 Å². The summed E-state index contributed by atoms with van der Waals surface area (Å²) < 4.78 is 17.2. The van der Waals surface area contributed by atoms with Crippen molar-refractivity contribution in [2.24, 2.45) is 5.92 Å². The molecule has 0 aliphatic carbocycles. The SMILES string of the molecule is CCCCN1CC[C@@H](c2ccc(N(C)C)cc2)[C@H](COc2ccc3c(c2)OCO3)C1.Cl. The van der Waals surface area contributed by atoms with Gasteiger partial charge in [-0.05, 0) is 61.7 Å². The van der Waals surface area contributed by atoms with Crippen molar-refractivity contribution in [1.82, 2.24) is 4.90 Å². The zero-order chi connectivity index (χ0) is 20.9. The molecule has 2 aliphatic heterocycles. The predicted octanol–water partition coefficient (Wildman–Crippen LogP) is 5.19. The lowest BCUT2D eigenvalue weighted by atomic mass is 9.80. The standard InChI is InChI=1S/C25H34N2O3.ClH/c1-4-5-13-27-14-12-23(19-6-8-21(9-7-19)26(2)3)20(16-27)17-28-22-10-11-24-25(15-22)30-18-29-24;/h6-11,15,20,23H,4-5,12-14,16-18H2,1-3H3;1H/t20-,23-;/m0./s1. The van der Waals surface area contributed by atoms with Gasteiger partial charge in [0.1, 0.15) is 5.75 Å². The Bertz CT molecular complexity index is 828. The van der Waals surface area contributed by atoms with E-state index in [0.29, 0.717) is 25.2 Å². The molecule has 0 amide bonds. The highest BCUT2D eigenvalue weighted by molar-refractivity contribution is 5.85. The second-order valence-electron chi connectivity index (χ2n) is 8.62. The van der Waals surface area contributed by atoms with Crippen LogP contribution < -0.4 is 19.1 Å². The molecule has 2 heterocycles. The number of piperidine rings is 1. The van der Waals surface area contributed by atoms with Crippen molar-refractivity contribution in [3.63, 3.8) is 0 Å². The molecule has 2 aromatic carbocycles. The zero-order valence-corrected chi connectivity index (χ0v) is 19.7. The van der Waals surface area contributed by atoms with E-state index >= 15 is 0 Å².